The lowest BCUT2D eigenvalue weighted by Crippen LogP contribution is -2.34. The van der Waals surface area contributed by atoms with E-state index in [1.54, 1.807) is 13.0 Å². The molecule has 0 aliphatic heterocycles. The summed E-state index contributed by atoms with van der Waals surface area (Å²) in [4.78, 5) is 12.3. The van der Waals surface area contributed by atoms with Crippen LogP contribution in [0.2, 0.25) is 0 Å². The summed E-state index contributed by atoms with van der Waals surface area (Å²) >= 11 is 0. The first-order chi connectivity index (χ1) is 13.6. The number of allylic oxidation sites excluding steroid dienone is 9. The molecule has 0 rings (SSSR count). The third-order valence-corrected chi connectivity index (χ3v) is 4.29. The predicted octanol–water partition coefficient (Wildman–Crippen LogP) is 7.14. The second-order valence-electron chi connectivity index (χ2n) is 6.83. The lowest BCUT2D eigenvalue weighted by atomic mass is 9.98. The Kier molecular flexibility index (Phi) is 12.7. The van der Waals surface area contributed by atoms with Crippen LogP contribution in [0, 0.1) is 0 Å². The molecule has 0 bridgehead atoms. The normalized spacial score (nSPS) is 15.2. The van der Waals surface area contributed by atoms with Crippen LogP contribution in [0.25, 0.3) is 0 Å². The Morgan fingerprint density at radius 2 is 1.79 bits per heavy atom. The molecule has 29 heavy (non-hydrogen) atoms. The fourth-order valence-electron chi connectivity index (χ4n) is 2.60. The third kappa shape index (κ3) is 11.3. The van der Waals surface area contributed by atoms with E-state index in [4.69, 9.17) is 0 Å². The van der Waals surface area contributed by atoms with Crippen LogP contribution < -0.4 is 5.32 Å². The van der Waals surface area contributed by atoms with Crippen molar-refractivity contribution < 1.29 is 18.0 Å². The zero-order valence-electron chi connectivity index (χ0n) is 18.2. The van der Waals surface area contributed by atoms with E-state index in [2.05, 4.69) is 44.0 Å². The van der Waals surface area contributed by atoms with Gasteiger partial charge in [0, 0.05) is 12.0 Å². The van der Waals surface area contributed by atoms with Gasteiger partial charge < -0.3 is 5.32 Å². The van der Waals surface area contributed by atoms with Crippen molar-refractivity contribution in [2.24, 2.45) is 0 Å². The number of hydrogen-bond donors (Lipinski definition) is 1. The minimum atomic E-state index is -4.42. The molecule has 5 heteroatoms. The van der Waals surface area contributed by atoms with Crippen LogP contribution in [0.4, 0.5) is 13.2 Å². The largest absolute Gasteiger partial charge is 0.415 e. The zero-order valence-corrected chi connectivity index (χ0v) is 18.2. The van der Waals surface area contributed by atoms with Gasteiger partial charge in [-0.2, -0.15) is 13.2 Å². The van der Waals surface area contributed by atoms with E-state index < -0.39 is 11.7 Å². The minimum Gasteiger partial charge on any atom is -0.350 e. The first-order valence-corrected chi connectivity index (χ1v) is 9.98. The molecule has 0 fully saturated rings. The fraction of sp³-hybridized carbons (Fsp3) is 0.458. The van der Waals surface area contributed by atoms with Gasteiger partial charge in [-0.3, -0.25) is 4.79 Å². The average molecular weight is 410 g/mol. The average Bonchev–Trinajstić information content (AvgIpc) is 2.64. The van der Waals surface area contributed by atoms with Gasteiger partial charge in [-0.05, 0) is 51.2 Å². The Hall–Kier alpha value is -2.30. The molecule has 0 aromatic heterocycles. The molecule has 0 aromatic rings. The molecular weight excluding hydrogens is 375 g/mol. The van der Waals surface area contributed by atoms with E-state index in [9.17, 15) is 18.0 Å². The number of hydrogen-bond acceptors (Lipinski definition) is 1. The van der Waals surface area contributed by atoms with E-state index in [-0.39, 0.29) is 18.4 Å². The van der Waals surface area contributed by atoms with Crippen molar-refractivity contribution in [1.29, 1.82) is 0 Å². The summed E-state index contributed by atoms with van der Waals surface area (Å²) in [6, 6.07) is -0.129. The maximum Gasteiger partial charge on any atom is 0.415 e. The van der Waals surface area contributed by atoms with Crippen LogP contribution in [0.15, 0.2) is 71.4 Å². The van der Waals surface area contributed by atoms with Gasteiger partial charge in [0.05, 0.1) is 6.04 Å². The quantitative estimate of drug-likeness (QED) is 0.361. The van der Waals surface area contributed by atoms with Gasteiger partial charge in [0.25, 0.3) is 0 Å². The van der Waals surface area contributed by atoms with Gasteiger partial charge in [-0.15, -0.1) is 0 Å². The molecule has 0 heterocycles. The monoisotopic (exact) mass is 409 g/mol. The summed E-state index contributed by atoms with van der Waals surface area (Å²) < 4.78 is 37.2. The molecule has 162 valence electrons. The summed E-state index contributed by atoms with van der Waals surface area (Å²) in [6.07, 6.45) is 10.1. The lowest BCUT2D eigenvalue weighted by molar-refractivity contribution is -0.121. The smallest absolute Gasteiger partial charge is 0.350 e. The Bertz CT molecular complexity index is 691. The van der Waals surface area contributed by atoms with Gasteiger partial charge in [0.15, 0.2) is 0 Å². The van der Waals surface area contributed by atoms with Gasteiger partial charge in [-0.25, -0.2) is 0 Å². The molecule has 0 aromatic carbocycles. The highest BCUT2D eigenvalue weighted by atomic mass is 19.4. The highest BCUT2D eigenvalue weighted by Gasteiger charge is 2.29. The van der Waals surface area contributed by atoms with Crippen LogP contribution in [0.3, 0.4) is 0 Å². The summed E-state index contributed by atoms with van der Waals surface area (Å²) in [6.45, 7) is 12.8. The van der Waals surface area contributed by atoms with Crippen molar-refractivity contribution in [3.8, 4) is 0 Å². The first kappa shape index (κ1) is 26.7. The van der Waals surface area contributed by atoms with Gasteiger partial charge >= 0.3 is 6.18 Å². The number of rotatable bonds is 11. The number of amides is 1. The fourth-order valence-corrected chi connectivity index (χ4v) is 2.60. The van der Waals surface area contributed by atoms with Crippen molar-refractivity contribution in [3.63, 3.8) is 0 Å². The second-order valence-corrected chi connectivity index (χ2v) is 6.83. The second kappa shape index (κ2) is 13.8. The van der Waals surface area contributed by atoms with E-state index in [1.165, 1.54) is 11.6 Å². The molecule has 1 unspecified atom stereocenters. The van der Waals surface area contributed by atoms with Gasteiger partial charge in [0.2, 0.25) is 5.91 Å². The van der Waals surface area contributed by atoms with Crippen LogP contribution in [0.5, 0.6) is 0 Å². The number of alkyl halides is 3. The van der Waals surface area contributed by atoms with Crippen LogP contribution in [-0.4, -0.2) is 18.1 Å². The maximum absolute atomic E-state index is 12.4. The highest BCUT2D eigenvalue weighted by Crippen LogP contribution is 2.24. The molecule has 1 N–H and O–H groups in total. The summed E-state index contributed by atoms with van der Waals surface area (Å²) in [5, 5.41) is 3.02. The van der Waals surface area contributed by atoms with E-state index >= 15 is 0 Å². The Morgan fingerprint density at radius 3 is 2.31 bits per heavy atom. The zero-order chi connectivity index (χ0) is 22.4. The van der Waals surface area contributed by atoms with E-state index in [0.717, 1.165) is 30.1 Å². The first-order valence-electron chi connectivity index (χ1n) is 9.98. The van der Waals surface area contributed by atoms with Crippen molar-refractivity contribution in [1.82, 2.24) is 5.32 Å². The van der Waals surface area contributed by atoms with Crippen molar-refractivity contribution >= 4 is 5.91 Å². The standard InChI is InChI=1S/C24H34F3NO/c1-7-10-15-22(21(9-3)12-8-2)20(6)28-23(29)17-16-18(4)13-11-14-19(5)24(25,26)27/h8,10-15,20H,5,7,9,16-17H2,1-4,6H3,(H,28,29)/b12-8-,14-11-,15-10-,18-13+,22-21-. The topological polar surface area (TPSA) is 29.1 Å². The van der Waals surface area contributed by atoms with Crippen molar-refractivity contribution in [3.05, 3.63) is 71.4 Å². The SMILES string of the molecule is C=C(/C=C\C=C(/C)CCC(=O)NC(C)C(/C=C\CC)=C(\C=C/C)CC)C(F)(F)F. The summed E-state index contributed by atoms with van der Waals surface area (Å²) in [7, 11) is 0. The van der Waals surface area contributed by atoms with E-state index in [1.807, 2.05) is 19.9 Å². The summed E-state index contributed by atoms with van der Waals surface area (Å²) in [5.74, 6) is -0.0905. The molecule has 0 spiro atoms. The molecule has 0 saturated heterocycles. The Labute approximate surface area is 173 Å². The molecule has 0 aliphatic rings. The maximum atomic E-state index is 12.4. The van der Waals surface area contributed by atoms with Crippen molar-refractivity contribution in [2.45, 2.75) is 72.5 Å². The number of carbonyl (C=O) groups is 1. The van der Waals surface area contributed by atoms with Gasteiger partial charge in [-0.1, -0.05) is 68.5 Å². The molecule has 2 nitrogen and oxygen atoms in total. The van der Waals surface area contributed by atoms with E-state index in [0.29, 0.717) is 6.42 Å². The number of carbonyl (C=O) groups excluding carboxylic acids is 1. The number of halogens is 3. The van der Waals surface area contributed by atoms with Crippen LogP contribution in [-0.2, 0) is 4.79 Å². The highest BCUT2D eigenvalue weighted by molar-refractivity contribution is 5.77. The molecule has 1 amide bonds. The lowest BCUT2D eigenvalue weighted by Gasteiger charge is -2.18. The summed E-state index contributed by atoms with van der Waals surface area (Å²) in [5.41, 5.74) is 2.18. The van der Waals surface area contributed by atoms with Crippen LogP contribution >= 0.6 is 0 Å². The molecular formula is C24H34F3NO. The molecule has 0 saturated carbocycles. The molecule has 0 radical (unpaired) electrons. The Balaban J connectivity index is 4.94. The van der Waals surface area contributed by atoms with Gasteiger partial charge in [0.1, 0.15) is 0 Å². The van der Waals surface area contributed by atoms with Crippen LogP contribution in [0.1, 0.15) is 60.3 Å². The third-order valence-electron chi connectivity index (χ3n) is 4.29. The number of nitrogens with one attached hydrogen (secondary N) is 1. The Morgan fingerprint density at radius 1 is 1.14 bits per heavy atom. The minimum absolute atomic E-state index is 0.0905. The molecule has 0 aliphatic carbocycles. The molecule has 1 atom stereocenters. The predicted molar refractivity (Wildman–Crippen MR) is 116 cm³/mol. The van der Waals surface area contributed by atoms with Crippen molar-refractivity contribution in [2.75, 3.05) is 0 Å².